The molecule has 0 aromatic heterocycles. The van der Waals surface area contributed by atoms with Gasteiger partial charge < -0.3 is 4.55 Å². The third kappa shape index (κ3) is 2.98. The van der Waals surface area contributed by atoms with Crippen molar-refractivity contribution in [3.63, 3.8) is 0 Å². The summed E-state index contributed by atoms with van der Waals surface area (Å²) < 4.78 is 33.3. The first-order valence-corrected chi connectivity index (χ1v) is 6.27. The SMILES string of the molecule is Cc1c(S(=O)(=O)[O-])cc2ccccc2c1C.[K+]. The molecule has 0 saturated heterocycles. The number of rotatable bonds is 1. The second-order valence-electron chi connectivity index (χ2n) is 3.80. The van der Waals surface area contributed by atoms with Crippen molar-refractivity contribution in [2.45, 2.75) is 18.7 Å². The van der Waals surface area contributed by atoms with E-state index < -0.39 is 10.1 Å². The van der Waals surface area contributed by atoms with Crippen molar-refractivity contribution in [3.05, 3.63) is 41.5 Å². The Hall–Kier alpha value is 0.246. The Morgan fingerprint density at radius 3 is 2.24 bits per heavy atom. The van der Waals surface area contributed by atoms with E-state index in [4.69, 9.17) is 0 Å². The average Bonchev–Trinajstić information content (AvgIpc) is 2.22. The summed E-state index contributed by atoms with van der Waals surface area (Å²) in [5.41, 5.74) is 1.38. The molecule has 0 aliphatic heterocycles. The molecule has 2 aromatic carbocycles. The molecule has 0 heterocycles. The molecule has 0 radical (unpaired) electrons. The minimum Gasteiger partial charge on any atom is -0.744 e. The maximum absolute atomic E-state index is 11.1. The molecule has 0 spiro atoms. The van der Waals surface area contributed by atoms with Crippen LogP contribution in [0.4, 0.5) is 0 Å². The first kappa shape index (κ1) is 15.3. The van der Waals surface area contributed by atoms with E-state index in [2.05, 4.69) is 0 Å². The van der Waals surface area contributed by atoms with Crippen LogP contribution in [-0.2, 0) is 10.1 Å². The number of benzene rings is 2. The molecule has 0 unspecified atom stereocenters. The van der Waals surface area contributed by atoms with E-state index in [1.54, 1.807) is 13.0 Å². The van der Waals surface area contributed by atoms with Crippen LogP contribution in [0.1, 0.15) is 11.1 Å². The van der Waals surface area contributed by atoms with Crippen molar-refractivity contribution in [2.24, 2.45) is 0 Å². The summed E-state index contributed by atoms with van der Waals surface area (Å²) in [5, 5.41) is 1.76. The van der Waals surface area contributed by atoms with E-state index in [1.165, 1.54) is 6.07 Å². The van der Waals surface area contributed by atoms with Gasteiger partial charge in [0.25, 0.3) is 0 Å². The smallest absolute Gasteiger partial charge is 0.744 e. The van der Waals surface area contributed by atoms with Crippen LogP contribution in [0, 0.1) is 13.8 Å². The minimum atomic E-state index is -4.40. The van der Waals surface area contributed by atoms with E-state index in [1.807, 2.05) is 25.1 Å². The largest absolute Gasteiger partial charge is 1.00 e. The molecule has 5 heteroatoms. The monoisotopic (exact) mass is 274 g/mol. The molecule has 3 nitrogen and oxygen atoms in total. The van der Waals surface area contributed by atoms with Crippen molar-refractivity contribution in [1.82, 2.24) is 0 Å². The Bertz CT molecular complexity index is 663. The molecule has 0 amide bonds. The topological polar surface area (TPSA) is 57.2 Å². The molecule has 84 valence electrons. The summed E-state index contributed by atoms with van der Waals surface area (Å²) in [6.45, 7) is 3.49. The van der Waals surface area contributed by atoms with Crippen LogP contribution in [0.25, 0.3) is 10.8 Å². The van der Waals surface area contributed by atoms with Crippen LogP contribution in [-0.4, -0.2) is 13.0 Å². The maximum Gasteiger partial charge on any atom is 1.00 e. The predicted octanol–water partition coefficient (Wildman–Crippen LogP) is -0.635. The standard InChI is InChI=1S/C12H12O3S.K/c1-8-9(2)12(16(13,14)15)7-10-5-3-4-6-11(8)10;/h3-7H,1-2H3,(H,13,14,15);/q;+1/p-1. The van der Waals surface area contributed by atoms with Crippen molar-refractivity contribution >= 4 is 20.9 Å². The van der Waals surface area contributed by atoms with Crippen LogP contribution in [0.15, 0.2) is 35.2 Å². The molecule has 0 fully saturated rings. The minimum absolute atomic E-state index is 0. The van der Waals surface area contributed by atoms with Crippen LogP contribution >= 0.6 is 0 Å². The van der Waals surface area contributed by atoms with Gasteiger partial charge in [-0.15, -0.1) is 0 Å². The molecular weight excluding hydrogens is 263 g/mol. The summed E-state index contributed by atoms with van der Waals surface area (Å²) in [7, 11) is -4.40. The van der Waals surface area contributed by atoms with E-state index in [-0.39, 0.29) is 56.3 Å². The molecular formula is C12H11KO3S. The second kappa shape index (κ2) is 5.48. The zero-order valence-corrected chi connectivity index (χ0v) is 14.0. The van der Waals surface area contributed by atoms with E-state index in [0.29, 0.717) is 5.56 Å². The quantitative estimate of drug-likeness (QED) is 0.514. The van der Waals surface area contributed by atoms with E-state index in [0.717, 1.165) is 16.3 Å². The molecule has 2 aromatic rings. The number of aryl methyl sites for hydroxylation is 1. The molecule has 0 atom stereocenters. The number of hydrogen-bond acceptors (Lipinski definition) is 3. The van der Waals surface area contributed by atoms with Gasteiger partial charge >= 0.3 is 51.4 Å². The van der Waals surface area contributed by atoms with Gasteiger partial charge in [0.15, 0.2) is 0 Å². The van der Waals surface area contributed by atoms with Crippen LogP contribution < -0.4 is 51.4 Å². The van der Waals surface area contributed by atoms with Crippen LogP contribution in [0.2, 0.25) is 0 Å². The maximum atomic E-state index is 11.1. The normalized spacial score (nSPS) is 11.2. The van der Waals surface area contributed by atoms with Gasteiger partial charge in [-0.2, -0.15) is 0 Å². The van der Waals surface area contributed by atoms with Crippen molar-refractivity contribution < 1.29 is 64.4 Å². The van der Waals surface area contributed by atoms with Gasteiger partial charge in [-0.1, -0.05) is 24.3 Å². The van der Waals surface area contributed by atoms with Crippen molar-refractivity contribution in [2.75, 3.05) is 0 Å². The van der Waals surface area contributed by atoms with Crippen molar-refractivity contribution in [1.29, 1.82) is 0 Å². The Morgan fingerprint density at radius 2 is 1.65 bits per heavy atom. The third-order valence-electron chi connectivity index (χ3n) is 2.85. The number of fused-ring (bicyclic) bond motifs is 1. The van der Waals surface area contributed by atoms with Gasteiger partial charge in [0.2, 0.25) is 0 Å². The Labute approximate surface area is 143 Å². The van der Waals surface area contributed by atoms with E-state index >= 15 is 0 Å². The molecule has 0 aliphatic carbocycles. The van der Waals surface area contributed by atoms with Gasteiger partial charge in [-0.05, 0) is 41.8 Å². The Kier molecular flexibility index (Phi) is 4.94. The fourth-order valence-electron chi connectivity index (χ4n) is 1.86. The molecule has 0 bridgehead atoms. The average molecular weight is 274 g/mol. The molecule has 0 saturated carbocycles. The second-order valence-corrected chi connectivity index (χ2v) is 5.15. The fraction of sp³-hybridized carbons (Fsp3) is 0.167. The summed E-state index contributed by atoms with van der Waals surface area (Å²) in [5.74, 6) is 0. The summed E-state index contributed by atoms with van der Waals surface area (Å²) in [6, 6.07) is 8.87. The predicted molar refractivity (Wildman–Crippen MR) is 61.4 cm³/mol. The summed E-state index contributed by atoms with van der Waals surface area (Å²) in [6.07, 6.45) is 0. The van der Waals surface area contributed by atoms with Gasteiger partial charge in [0.05, 0.1) is 4.90 Å². The first-order chi connectivity index (χ1) is 7.41. The molecule has 0 aliphatic rings. The zero-order valence-electron chi connectivity index (χ0n) is 10.0. The summed E-state index contributed by atoms with van der Waals surface area (Å²) >= 11 is 0. The number of hydrogen-bond donors (Lipinski definition) is 0. The zero-order chi connectivity index (χ0) is 11.9. The fourth-order valence-corrected chi connectivity index (χ4v) is 2.66. The summed E-state index contributed by atoms with van der Waals surface area (Å²) in [4.78, 5) is -0.122. The van der Waals surface area contributed by atoms with Gasteiger partial charge in [0, 0.05) is 0 Å². The Balaban J connectivity index is 0.00000144. The van der Waals surface area contributed by atoms with Gasteiger partial charge in [0.1, 0.15) is 10.1 Å². The van der Waals surface area contributed by atoms with Crippen molar-refractivity contribution in [3.8, 4) is 0 Å². The van der Waals surface area contributed by atoms with Gasteiger partial charge in [-0.3, -0.25) is 0 Å². The first-order valence-electron chi connectivity index (χ1n) is 4.86. The third-order valence-corrected chi connectivity index (χ3v) is 3.82. The van der Waals surface area contributed by atoms with Gasteiger partial charge in [-0.25, -0.2) is 8.42 Å². The van der Waals surface area contributed by atoms with Crippen LogP contribution in [0.5, 0.6) is 0 Å². The van der Waals surface area contributed by atoms with Crippen LogP contribution in [0.3, 0.4) is 0 Å². The molecule has 0 N–H and O–H groups in total. The molecule has 2 rings (SSSR count). The van der Waals surface area contributed by atoms with E-state index in [9.17, 15) is 13.0 Å². The molecule has 17 heavy (non-hydrogen) atoms. The Morgan fingerprint density at radius 1 is 1.06 bits per heavy atom.